The first-order chi connectivity index (χ1) is 9.75. The number of benzene rings is 2. The highest BCUT2D eigenvalue weighted by Crippen LogP contribution is 2.23. The minimum Gasteiger partial charge on any atom is -0.388 e. The van der Waals surface area contributed by atoms with Crippen LogP contribution in [0.4, 0.5) is 0 Å². The van der Waals surface area contributed by atoms with E-state index in [9.17, 15) is 9.90 Å². The molecular weight excluding hydrogens is 250 g/mol. The molecule has 0 amide bonds. The predicted octanol–water partition coefficient (Wildman–Crippen LogP) is 3.47. The van der Waals surface area contributed by atoms with E-state index in [-0.39, 0.29) is 12.2 Å². The number of Topliss-reactive ketones (excluding diaryl/α,β-unsaturated/α-hetero) is 1. The highest BCUT2D eigenvalue weighted by atomic mass is 16.3. The molecule has 0 saturated carbocycles. The van der Waals surface area contributed by atoms with Gasteiger partial charge in [0.1, 0.15) is 0 Å². The van der Waals surface area contributed by atoms with Crippen molar-refractivity contribution in [1.82, 2.24) is 4.98 Å². The van der Waals surface area contributed by atoms with E-state index >= 15 is 0 Å². The average molecular weight is 265 g/mol. The van der Waals surface area contributed by atoms with Crippen LogP contribution in [0, 0.1) is 0 Å². The number of fused-ring (bicyclic) bond motifs is 1. The van der Waals surface area contributed by atoms with Crippen molar-refractivity contribution >= 4 is 16.7 Å². The fourth-order valence-corrected chi connectivity index (χ4v) is 2.38. The lowest BCUT2D eigenvalue weighted by Crippen LogP contribution is -2.06. The van der Waals surface area contributed by atoms with Crippen molar-refractivity contribution in [3.05, 3.63) is 71.9 Å². The number of rotatable bonds is 4. The van der Waals surface area contributed by atoms with E-state index in [4.69, 9.17) is 0 Å². The van der Waals surface area contributed by atoms with Gasteiger partial charge < -0.3 is 10.1 Å². The van der Waals surface area contributed by atoms with Gasteiger partial charge in [0, 0.05) is 29.1 Å². The third-order valence-corrected chi connectivity index (χ3v) is 3.45. The molecule has 2 N–H and O–H groups in total. The second-order valence-electron chi connectivity index (χ2n) is 4.80. The van der Waals surface area contributed by atoms with Crippen molar-refractivity contribution in [2.24, 2.45) is 0 Å². The largest absolute Gasteiger partial charge is 0.388 e. The van der Waals surface area contributed by atoms with Gasteiger partial charge in [0.25, 0.3) is 0 Å². The van der Waals surface area contributed by atoms with E-state index in [1.807, 2.05) is 54.6 Å². The molecule has 0 fully saturated rings. The molecule has 3 nitrogen and oxygen atoms in total. The Labute approximate surface area is 116 Å². The first kappa shape index (κ1) is 12.6. The zero-order chi connectivity index (χ0) is 13.9. The number of carbonyl (C=O) groups excluding carboxylic acids is 1. The fraction of sp³-hybridized carbons (Fsp3) is 0.118. The first-order valence-corrected chi connectivity index (χ1v) is 6.58. The highest BCUT2D eigenvalue weighted by Gasteiger charge is 2.17. The number of aliphatic hydroxyl groups excluding tert-OH is 1. The summed E-state index contributed by atoms with van der Waals surface area (Å²) in [6.07, 6.45) is 1.04. The zero-order valence-corrected chi connectivity index (χ0v) is 10.9. The molecule has 3 heteroatoms. The summed E-state index contributed by atoms with van der Waals surface area (Å²) in [4.78, 5) is 15.4. The van der Waals surface area contributed by atoms with Crippen LogP contribution < -0.4 is 0 Å². The van der Waals surface area contributed by atoms with Gasteiger partial charge in [0.15, 0.2) is 5.78 Å². The minimum atomic E-state index is -0.766. The monoisotopic (exact) mass is 265 g/mol. The maximum Gasteiger partial charge on any atom is 0.167 e. The maximum atomic E-state index is 12.3. The van der Waals surface area contributed by atoms with Crippen LogP contribution in [0.2, 0.25) is 0 Å². The summed E-state index contributed by atoms with van der Waals surface area (Å²) in [6, 6.07) is 16.9. The van der Waals surface area contributed by atoms with Crippen LogP contribution in [0.25, 0.3) is 10.9 Å². The molecule has 2 aromatic carbocycles. The van der Waals surface area contributed by atoms with E-state index in [0.29, 0.717) is 5.56 Å². The number of H-pyrrole nitrogens is 1. The summed E-state index contributed by atoms with van der Waals surface area (Å²) in [5, 5.41) is 11.0. The second-order valence-corrected chi connectivity index (χ2v) is 4.80. The quantitative estimate of drug-likeness (QED) is 0.710. The number of hydrogen-bond acceptors (Lipinski definition) is 2. The van der Waals surface area contributed by atoms with Gasteiger partial charge in [-0.15, -0.1) is 0 Å². The van der Waals surface area contributed by atoms with Crippen LogP contribution in [-0.4, -0.2) is 15.9 Å². The van der Waals surface area contributed by atoms with Crippen LogP contribution in [-0.2, 0) is 0 Å². The number of carbonyl (C=O) groups is 1. The predicted molar refractivity (Wildman–Crippen MR) is 78.6 cm³/mol. The average Bonchev–Trinajstić information content (AvgIpc) is 2.92. The van der Waals surface area contributed by atoms with Crippen LogP contribution >= 0.6 is 0 Å². The van der Waals surface area contributed by atoms with Gasteiger partial charge in [-0.25, -0.2) is 0 Å². The van der Waals surface area contributed by atoms with E-state index in [0.717, 1.165) is 16.5 Å². The Hall–Kier alpha value is -2.39. The number of para-hydroxylation sites is 1. The molecule has 1 atom stereocenters. The molecule has 1 unspecified atom stereocenters. The third-order valence-electron chi connectivity index (χ3n) is 3.45. The van der Waals surface area contributed by atoms with Gasteiger partial charge in [0.2, 0.25) is 0 Å². The number of nitrogens with one attached hydrogen (secondary N) is 1. The standard InChI is InChI=1S/C17H15NO2/c19-16(12-6-2-1-3-7-12)10-17(20)14-11-18-15-9-5-4-8-13(14)15/h1-9,11,16,18-19H,10H2. The SMILES string of the molecule is O=C(CC(O)c1ccccc1)c1c[nH]c2ccccc12. The molecule has 100 valence electrons. The van der Waals surface area contributed by atoms with Gasteiger partial charge >= 0.3 is 0 Å². The lowest BCUT2D eigenvalue weighted by atomic mass is 10.00. The Bertz CT molecular complexity index is 731. The van der Waals surface area contributed by atoms with Crippen molar-refractivity contribution < 1.29 is 9.90 Å². The van der Waals surface area contributed by atoms with Crippen molar-refractivity contribution in [3.8, 4) is 0 Å². The van der Waals surface area contributed by atoms with Crippen LogP contribution in [0.15, 0.2) is 60.8 Å². The zero-order valence-electron chi connectivity index (χ0n) is 10.9. The van der Waals surface area contributed by atoms with E-state index in [1.165, 1.54) is 0 Å². The molecule has 0 spiro atoms. The van der Waals surface area contributed by atoms with Gasteiger partial charge in [-0.05, 0) is 11.6 Å². The molecule has 0 radical (unpaired) electrons. The van der Waals surface area contributed by atoms with Crippen molar-refractivity contribution in [1.29, 1.82) is 0 Å². The molecule has 1 heterocycles. The molecule has 0 aliphatic heterocycles. The number of aromatic nitrogens is 1. The molecule has 0 aliphatic carbocycles. The van der Waals surface area contributed by atoms with Crippen molar-refractivity contribution in [2.45, 2.75) is 12.5 Å². The number of ketones is 1. The number of aromatic amines is 1. The smallest absolute Gasteiger partial charge is 0.167 e. The fourth-order valence-electron chi connectivity index (χ4n) is 2.38. The summed E-state index contributed by atoms with van der Waals surface area (Å²) in [7, 11) is 0. The van der Waals surface area contributed by atoms with Crippen LogP contribution in [0.3, 0.4) is 0 Å². The van der Waals surface area contributed by atoms with Crippen molar-refractivity contribution in [2.75, 3.05) is 0 Å². The molecule has 1 aromatic heterocycles. The highest BCUT2D eigenvalue weighted by molar-refractivity contribution is 6.08. The summed E-state index contributed by atoms with van der Waals surface area (Å²) >= 11 is 0. The van der Waals surface area contributed by atoms with Gasteiger partial charge in [-0.2, -0.15) is 0 Å². The van der Waals surface area contributed by atoms with Crippen molar-refractivity contribution in [3.63, 3.8) is 0 Å². The summed E-state index contributed by atoms with van der Waals surface area (Å²) < 4.78 is 0. The maximum absolute atomic E-state index is 12.3. The Kier molecular flexibility index (Phi) is 3.35. The molecule has 3 aromatic rings. The Morgan fingerprint density at radius 2 is 1.75 bits per heavy atom. The summed E-state index contributed by atoms with van der Waals surface area (Å²) in [6.45, 7) is 0. The molecular formula is C17H15NO2. The normalized spacial score (nSPS) is 12.4. The Balaban J connectivity index is 1.83. The summed E-state index contributed by atoms with van der Waals surface area (Å²) in [5.74, 6) is -0.0567. The van der Waals surface area contributed by atoms with Gasteiger partial charge in [-0.3, -0.25) is 4.79 Å². The van der Waals surface area contributed by atoms with Gasteiger partial charge in [-0.1, -0.05) is 48.5 Å². The number of aliphatic hydroxyl groups is 1. The van der Waals surface area contributed by atoms with Gasteiger partial charge in [0.05, 0.1) is 6.10 Å². The minimum absolute atomic E-state index is 0.0567. The lowest BCUT2D eigenvalue weighted by molar-refractivity contribution is 0.0882. The first-order valence-electron chi connectivity index (χ1n) is 6.58. The van der Waals surface area contributed by atoms with Crippen LogP contribution in [0.1, 0.15) is 28.4 Å². The third kappa shape index (κ3) is 2.36. The summed E-state index contributed by atoms with van der Waals surface area (Å²) in [5.41, 5.74) is 2.33. The molecule has 3 rings (SSSR count). The van der Waals surface area contributed by atoms with Crippen LogP contribution in [0.5, 0.6) is 0 Å². The Morgan fingerprint density at radius 1 is 1.05 bits per heavy atom. The molecule has 0 saturated heterocycles. The number of hydrogen-bond donors (Lipinski definition) is 2. The molecule has 0 aliphatic rings. The van der Waals surface area contributed by atoms with E-state index in [2.05, 4.69) is 4.98 Å². The topological polar surface area (TPSA) is 53.1 Å². The second kappa shape index (κ2) is 5.31. The molecule has 0 bridgehead atoms. The lowest BCUT2D eigenvalue weighted by Gasteiger charge is -2.09. The molecule has 20 heavy (non-hydrogen) atoms. The van der Waals surface area contributed by atoms with E-state index in [1.54, 1.807) is 6.20 Å². The Morgan fingerprint density at radius 3 is 2.55 bits per heavy atom. The van der Waals surface area contributed by atoms with E-state index < -0.39 is 6.10 Å².